The topological polar surface area (TPSA) is 90.0 Å². The summed E-state index contributed by atoms with van der Waals surface area (Å²) in [5.74, 6) is -1.57. The first-order valence-corrected chi connectivity index (χ1v) is 10.3. The maximum atomic E-state index is 12.1. The summed E-state index contributed by atoms with van der Waals surface area (Å²) in [5.41, 5.74) is 0.678. The normalized spacial score (nSPS) is 22.6. The molecule has 0 unspecified atom stereocenters. The third kappa shape index (κ3) is 4.70. The molecule has 156 valence electrons. The molecule has 1 aliphatic carbocycles. The lowest BCUT2D eigenvalue weighted by Gasteiger charge is -2.40. The Hall–Kier alpha value is -2.61. The van der Waals surface area contributed by atoms with Gasteiger partial charge in [0, 0.05) is 24.8 Å². The average Bonchev–Trinajstić information content (AvgIpc) is 3.02. The quantitative estimate of drug-likeness (QED) is 0.768. The summed E-state index contributed by atoms with van der Waals surface area (Å²) in [7, 11) is 0. The van der Waals surface area contributed by atoms with E-state index in [1.165, 1.54) is 32.1 Å². The number of ether oxygens (including phenoxy) is 3. The van der Waals surface area contributed by atoms with Gasteiger partial charge in [0.2, 0.25) is 0 Å². The second-order valence-electron chi connectivity index (χ2n) is 7.76. The maximum Gasteiger partial charge on any atom is 0.356 e. The van der Waals surface area contributed by atoms with E-state index < -0.39 is 17.8 Å². The first-order chi connectivity index (χ1) is 14.1. The summed E-state index contributed by atoms with van der Waals surface area (Å²) in [6.07, 6.45) is 12.6. The fraction of sp³-hybridized carbons (Fsp3) is 0.571. The molecular formula is C21H27N3O5. The molecule has 29 heavy (non-hydrogen) atoms. The van der Waals surface area contributed by atoms with Crippen LogP contribution in [0.3, 0.4) is 0 Å². The van der Waals surface area contributed by atoms with Gasteiger partial charge in [0.1, 0.15) is 5.75 Å². The zero-order valence-electron chi connectivity index (χ0n) is 16.5. The van der Waals surface area contributed by atoms with Gasteiger partial charge < -0.3 is 19.5 Å². The molecule has 2 fully saturated rings. The summed E-state index contributed by atoms with van der Waals surface area (Å²) in [5, 5.41) is 3.18. The third-order valence-corrected chi connectivity index (χ3v) is 5.59. The van der Waals surface area contributed by atoms with E-state index in [1.54, 1.807) is 17.3 Å². The van der Waals surface area contributed by atoms with Crippen molar-refractivity contribution in [3.63, 3.8) is 0 Å². The Morgan fingerprint density at radius 2 is 1.86 bits per heavy atom. The number of hydrogen-bond donors (Lipinski definition) is 1. The van der Waals surface area contributed by atoms with Crippen molar-refractivity contribution in [2.45, 2.75) is 44.4 Å². The van der Waals surface area contributed by atoms with Crippen molar-refractivity contribution in [2.24, 2.45) is 5.92 Å². The van der Waals surface area contributed by atoms with Crippen LogP contribution in [-0.4, -0.2) is 49.1 Å². The van der Waals surface area contributed by atoms with Crippen molar-refractivity contribution in [2.75, 3.05) is 31.1 Å². The summed E-state index contributed by atoms with van der Waals surface area (Å²) < 4.78 is 17.2. The van der Waals surface area contributed by atoms with Gasteiger partial charge >= 0.3 is 17.8 Å². The molecule has 1 saturated carbocycles. The molecule has 1 aromatic heterocycles. The van der Waals surface area contributed by atoms with E-state index in [9.17, 15) is 9.59 Å². The molecule has 3 heterocycles. The Morgan fingerprint density at radius 3 is 2.62 bits per heavy atom. The van der Waals surface area contributed by atoms with E-state index in [-0.39, 0.29) is 6.54 Å². The minimum absolute atomic E-state index is 0.166. The van der Waals surface area contributed by atoms with E-state index in [4.69, 9.17) is 14.2 Å². The van der Waals surface area contributed by atoms with E-state index in [0.717, 1.165) is 18.6 Å². The van der Waals surface area contributed by atoms with Gasteiger partial charge in [0.15, 0.2) is 0 Å². The van der Waals surface area contributed by atoms with Gasteiger partial charge in [-0.3, -0.25) is 9.88 Å². The summed E-state index contributed by atoms with van der Waals surface area (Å²) >= 11 is 0. The summed E-state index contributed by atoms with van der Waals surface area (Å²) in [6.45, 7) is 2.08. The van der Waals surface area contributed by atoms with Crippen molar-refractivity contribution in [1.29, 1.82) is 0 Å². The van der Waals surface area contributed by atoms with Crippen LogP contribution in [-0.2, 0) is 19.1 Å². The lowest BCUT2D eigenvalue weighted by atomic mass is 9.90. The minimum atomic E-state index is -1.56. The van der Waals surface area contributed by atoms with Crippen molar-refractivity contribution in [3.8, 4) is 5.75 Å². The van der Waals surface area contributed by atoms with E-state index >= 15 is 0 Å². The van der Waals surface area contributed by atoms with Crippen molar-refractivity contribution in [3.05, 3.63) is 30.6 Å². The number of pyridine rings is 1. The molecule has 1 aromatic rings. The van der Waals surface area contributed by atoms with Crippen LogP contribution in [0, 0.1) is 5.92 Å². The zero-order chi connectivity index (χ0) is 20.1. The predicted molar refractivity (Wildman–Crippen MR) is 105 cm³/mol. The second-order valence-corrected chi connectivity index (χ2v) is 7.76. The molecule has 1 saturated heterocycles. The van der Waals surface area contributed by atoms with Crippen LogP contribution in [0.4, 0.5) is 5.69 Å². The fourth-order valence-corrected chi connectivity index (χ4v) is 4.12. The highest BCUT2D eigenvalue weighted by molar-refractivity contribution is 5.93. The smallest absolute Gasteiger partial charge is 0.356 e. The van der Waals surface area contributed by atoms with Gasteiger partial charge in [-0.05, 0) is 31.7 Å². The Kier molecular flexibility index (Phi) is 5.99. The molecule has 0 bridgehead atoms. The largest absolute Gasteiger partial charge is 0.492 e. The molecule has 3 aliphatic rings. The average molecular weight is 401 g/mol. The van der Waals surface area contributed by atoms with E-state index in [2.05, 4.69) is 10.3 Å². The maximum absolute atomic E-state index is 12.1. The first-order valence-electron chi connectivity index (χ1n) is 10.3. The molecule has 4 rings (SSSR count). The van der Waals surface area contributed by atoms with Crippen LogP contribution in [0.2, 0.25) is 0 Å². The zero-order valence-corrected chi connectivity index (χ0v) is 16.5. The van der Waals surface area contributed by atoms with E-state index in [1.807, 2.05) is 6.07 Å². The molecule has 0 amide bonds. The highest BCUT2D eigenvalue weighted by atomic mass is 16.8. The van der Waals surface area contributed by atoms with Gasteiger partial charge in [0.05, 0.1) is 31.2 Å². The van der Waals surface area contributed by atoms with Crippen LogP contribution in [0.1, 0.15) is 38.5 Å². The SMILES string of the molecule is O=C1C=CC(=O)OC2(CNCCCN2c2cncc(OCC3CCCCC3)c2)O1. The number of carbonyl (C=O) groups excluding carboxylic acids is 2. The Bertz CT molecular complexity index is 755. The number of hydrogen-bond acceptors (Lipinski definition) is 8. The van der Waals surface area contributed by atoms with Crippen molar-refractivity contribution in [1.82, 2.24) is 10.3 Å². The molecular weight excluding hydrogens is 374 g/mol. The molecule has 0 radical (unpaired) electrons. The fourth-order valence-electron chi connectivity index (χ4n) is 4.12. The van der Waals surface area contributed by atoms with Crippen LogP contribution in [0.25, 0.3) is 0 Å². The molecule has 8 heteroatoms. The van der Waals surface area contributed by atoms with Crippen LogP contribution in [0.15, 0.2) is 30.6 Å². The van der Waals surface area contributed by atoms with Crippen LogP contribution < -0.4 is 15.0 Å². The second kappa shape index (κ2) is 8.82. The monoisotopic (exact) mass is 401 g/mol. The summed E-state index contributed by atoms with van der Waals surface area (Å²) in [4.78, 5) is 30.3. The van der Waals surface area contributed by atoms with Gasteiger partial charge in [-0.1, -0.05) is 19.3 Å². The summed E-state index contributed by atoms with van der Waals surface area (Å²) in [6, 6.07) is 1.86. The molecule has 0 aromatic carbocycles. The Balaban J connectivity index is 1.55. The number of rotatable bonds is 4. The lowest BCUT2D eigenvalue weighted by Crippen LogP contribution is -2.58. The van der Waals surface area contributed by atoms with Gasteiger partial charge in [-0.15, -0.1) is 0 Å². The lowest BCUT2D eigenvalue weighted by molar-refractivity contribution is -0.217. The number of esters is 2. The van der Waals surface area contributed by atoms with Crippen molar-refractivity contribution >= 4 is 17.6 Å². The van der Waals surface area contributed by atoms with Gasteiger partial charge in [-0.2, -0.15) is 0 Å². The Labute approximate surface area is 170 Å². The Morgan fingerprint density at radius 1 is 1.10 bits per heavy atom. The predicted octanol–water partition coefficient (Wildman–Crippen LogP) is 2.15. The van der Waals surface area contributed by atoms with Crippen molar-refractivity contribution < 1.29 is 23.8 Å². The molecule has 0 atom stereocenters. The number of nitrogens with zero attached hydrogens (tertiary/aromatic N) is 2. The number of anilines is 1. The minimum Gasteiger partial charge on any atom is -0.492 e. The van der Waals surface area contributed by atoms with E-state index in [0.29, 0.717) is 37.1 Å². The van der Waals surface area contributed by atoms with Crippen LogP contribution in [0.5, 0.6) is 5.75 Å². The number of aromatic nitrogens is 1. The highest BCUT2D eigenvalue weighted by Gasteiger charge is 2.47. The highest BCUT2D eigenvalue weighted by Crippen LogP contribution is 2.32. The number of nitrogens with one attached hydrogen (secondary N) is 1. The third-order valence-electron chi connectivity index (χ3n) is 5.59. The van der Waals surface area contributed by atoms with Gasteiger partial charge in [-0.25, -0.2) is 9.59 Å². The van der Waals surface area contributed by atoms with Gasteiger partial charge in [0.25, 0.3) is 0 Å². The first kappa shape index (κ1) is 19.7. The molecule has 1 spiro atoms. The number of carbonyl (C=O) groups is 2. The molecule has 1 N–H and O–H groups in total. The standard InChI is InChI=1S/C21H27N3O5/c25-19-7-8-20(26)29-21(28-19)15-22-9-4-10-24(21)17-11-18(13-23-12-17)27-14-16-5-2-1-3-6-16/h7-8,11-13,16,22H,1-6,9-10,14-15H2. The molecule has 8 nitrogen and oxygen atoms in total. The molecule has 2 aliphatic heterocycles. The van der Waals surface area contributed by atoms with Crippen LogP contribution >= 0.6 is 0 Å².